The van der Waals surface area contributed by atoms with Crippen molar-refractivity contribution in [2.75, 3.05) is 18.2 Å². The van der Waals surface area contributed by atoms with Crippen LogP contribution in [0.15, 0.2) is 45.7 Å². The van der Waals surface area contributed by atoms with Crippen LogP contribution in [-0.4, -0.2) is 40.3 Å². The van der Waals surface area contributed by atoms with Gasteiger partial charge in [-0.05, 0) is 61.9 Å². The molecule has 2 heterocycles. The summed E-state index contributed by atoms with van der Waals surface area (Å²) in [4.78, 5) is 42.1. The van der Waals surface area contributed by atoms with Crippen LogP contribution < -0.4 is 20.9 Å². The van der Waals surface area contributed by atoms with Crippen LogP contribution in [0.25, 0.3) is 10.2 Å². The first-order valence-corrected chi connectivity index (χ1v) is 13.6. The summed E-state index contributed by atoms with van der Waals surface area (Å²) in [6.07, 6.45) is 3.51. The average Bonchev–Trinajstić information content (AvgIpc) is 3.33. The number of aromatic nitrogens is 2. The first kappa shape index (κ1) is 26.7. The lowest BCUT2D eigenvalue weighted by Gasteiger charge is -2.13. The number of thiophene rings is 1. The molecule has 2 amide bonds. The van der Waals surface area contributed by atoms with Crippen molar-refractivity contribution in [3.63, 3.8) is 0 Å². The van der Waals surface area contributed by atoms with Gasteiger partial charge in [0.25, 0.3) is 5.56 Å². The summed E-state index contributed by atoms with van der Waals surface area (Å²) in [6, 6.07) is 9.15. The number of hydrogen-bond donors (Lipinski definition) is 2. The topological polar surface area (TPSA) is 102 Å². The zero-order valence-electron chi connectivity index (χ0n) is 20.3. The molecule has 1 atom stereocenters. The normalized spacial score (nSPS) is 11.9. The Morgan fingerprint density at radius 2 is 1.91 bits per heavy atom. The molecule has 0 spiro atoms. The number of unbranched alkanes of at least 4 members (excludes halogenated alkanes) is 2. The number of rotatable bonds is 13. The van der Waals surface area contributed by atoms with Gasteiger partial charge in [0.2, 0.25) is 11.8 Å². The largest absolute Gasteiger partial charge is 0.497 e. The monoisotopic (exact) mass is 516 g/mol. The van der Waals surface area contributed by atoms with Gasteiger partial charge in [-0.3, -0.25) is 19.0 Å². The number of benzene rings is 1. The van der Waals surface area contributed by atoms with Gasteiger partial charge >= 0.3 is 0 Å². The molecule has 35 heavy (non-hydrogen) atoms. The minimum atomic E-state index is -0.0768. The molecule has 188 valence electrons. The maximum atomic E-state index is 13.0. The van der Waals surface area contributed by atoms with Gasteiger partial charge in [-0.1, -0.05) is 25.1 Å². The standard InChI is InChI=1S/C25H32N4O4S2/c1-4-17(2)26-22(31)16-35-25-28-20-13-15-34-23(20)24(32)29(25)14-7-5-6-8-21(30)27-18-9-11-19(33-3)12-10-18/h9-13,15,17H,4-8,14,16H2,1-3H3,(H,26,31)(H,27,30)/t17-/m1/s1. The molecule has 10 heteroatoms. The van der Waals surface area contributed by atoms with Gasteiger partial charge in [0.1, 0.15) is 10.4 Å². The van der Waals surface area contributed by atoms with E-state index in [1.165, 1.54) is 23.1 Å². The van der Waals surface area contributed by atoms with E-state index in [1.807, 2.05) is 25.3 Å². The molecule has 0 aliphatic carbocycles. The van der Waals surface area contributed by atoms with E-state index in [0.717, 1.165) is 30.7 Å². The van der Waals surface area contributed by atoms with E-state index < -0.39 is 0 Å². The van der Waals surface area contributed by atoms with Crippen molar-refractivity contribution in [1.82, 2.24) is 14.9 Å². The Morgan fingerprint density at radius 3 is 2.63 bits per heavy atom. The molecular weight excluding hydrogens is 484 g/mol. The highest BCUT2D eigenvalue weighted by molar-refractivity contribution is 7.99. The van der Waals surface area contributed by atoms with Gasteiger partial charge in [0.05, 0.1) is 18.4 Å². The molecular formula is C25H32N4O4S2. The van der Waals surface area contributed by atoms with E-state index in [9.17, 15) is 14.4 Å². The molecule has 0 bridgehead atoms. The van der Waals surface area contributed by atoms with Crippen LogP contribution in [0.5, 0.6) is 5.75 Å². The molecule has 0 aliphatic rings. The first-order chi connectivity index (χ1) is 16.9. The third-order valence-electron chi connectivity index (χ3n) is 5.54. The van der Waals surface area contributed by atoms with E-state index in [1.54, 1.807) is 35.9 Å². The summed E-state index contributed by atoms with van der Waals surface area (Å²) >= 11 is 2.66. The summed E-state index contributed by atoms with van der Waals surface area (Å²) in [5, 5.41) is 8.23. The Balaban J connectivity index is 1.53. The molecule has 8 nitrogen and oxygen atoms in total. The predicted molar refractivity (Wildman–Crippen MR) is 143 cm³/mol. The smallest absolute Gasteiger partial charge is 0.272 e. The molecule has 0 unspecified atom stereocenters. The van der Waals surface area contributed by atoms with Crippen molar-refractivity contribution >= 4 is 50.8 Å². The summed E-state index contributed by atoms with van der Waals surface area (Å²) in [6.45, 7) is 4.48. The second-order valence-electron chi connectivity index (χ2n) is 8.24. The van der Waals surface area contributed by atoms with Crippen LogP contribution in [0, 0.1) is 0 Å². The molecule has 0 saturated carbocycles. The van der Waals surface area contributed by atoms with Crippen LogP contribution in [0.1, 0.15) is 46.0 Å². The number of fused-ring (bicyclic) bond motifs is 1. The Labute approximate surface area is 213 Å². The summed E-state index contributed by atoms with van der Waals surface area (Å²) in [7, 11) is 1.60. The van der Waals surface area contributed by atoms with Gasteiger partial charge in [0, 0.05) is 24.7 Å². The maximum Gasteiger partial charge on any atom is 0.272 e. The number of anilines is 1. The van der Waals surface area contributed by atoms with Gasteiger partial charge in [-0.2, -0.15) is 0 Å². The Hall–Kier alpha value is -2.85. The fraction of sp³-hybridized carbons (Fsp3) is 0.440. The molecule has 0 radical (unpaired) electrons. The van der Waals surface area contributed by atoms with Gasteiger partial charge in [-0.15, -0.1) is 11.3 Å². The fourth-order valence-corrected chi connectivity index (χ4v) is 5.02. The van der Waals surface area contributed by atoms with E-state index in [-0.39, 0.29) is 29.2 Å². The maximum absolute atomic E-state index is 13.0. The van der Waals surface area contributed by atoms with Gasteiger partial charge < -0.3 is 15.4 Å². The molecule has 3 aromatic rings. The van der Waals surface area contributed by atoms with Crippen molar-refractivity contribution in [1.29, 1.82) is 0 Å². The minimum absolute atomic E-state index is 0.0439. The van der Waals surface area contributed by atoms with Crippen molar-refractivity contribution in [2.45, 2.75) is 63.7 Å². The minimum Gasteiger partial charge on any atom is -0.497 e. The molecule has 0 fully saturated rings. The SMILES string of the molecule is CC[C@@H](C)NC(=O)CSc1nc2ccsc2c(=O)n1CCCCCC(=O)Nc1ccc(OC)cc1. The second-order valence-corrected chi connectivity index (χ2v) is 10.1. The van der Waals surface area contributed by atoms with Crippen LogP contribution in [0.2, 0.25) is 0 Å². The number of hydrogen-bond acceptors (Lipinski definition) is 7. The first-order valence-electron chi connectivity index (χ1n) is 11.7. The molecule has 2 N–H and O–H groups in total. The number of carbonyl (C=O) groups excluding carboxylic acids is 2. The number of ether oxygens (including phenoxy) is 1. The Morgan fingerprint density at radius 1 is 1.14 bits per heavy atom. The zero-order valence-corrected chi connectivity index (χ0v) is 22.0. The molecule has 1 aromatic carbocycles. The fourth-order valence-electron chi connectivity index (χ4n) is 3.41. The summed E-state index contributed by atoms with van der Waals surface area (Å²) in [5.74, 6) is 0.830. The number of carbonyl (C=O) groups is 2. The van der Waals surface area contributed by atoms with Gasteiger partial charge in [0.15, 0.2) is 5.16 Å². The average molecular weight is 517 g/mol. The lowest BCUT2D eigenvalue weighted by atomic mass is 10.2. The number of nitrogens with one attached hydrogen (secondary N) is 2. The molecule has 0 saturated heterocycles. The highest BCUT2D eigenvalue weighted by Crippen LogP contribution is 2.22. The Kier molecular flexibility index (Phi) is 10.2. The quantitative estimate of drug-likeness (QED) is 0.194. The lowest BCUT2D eigenvalue weighted by molar-refractivity contribution is -0.119. The van der Waals surface area contributed by atoms with E-state index in [4.69, 9.17) is 4.74 Å². The second kappa shape index (κ2) is 13.3. The van der Waals surface area contributed by atoms with Crippen molar-refractivity contribution in [3.05, 3.63) is 46.1 Å². The third kappa shape index (κ3) is 7.83. The number of amides is 2. The molecule has 2 aromatic heterocycles. The van der Waals surface area contributed by atoms with Crippen LogP contribution in [-0.2, 0) is 16.1 Å². The highest BCUT2D eigenvalue weighted by atomic mass is 32.2. The van der Waals surface area contributed by atoms with E-state index in [2.05, 4.69) is 15.6 Å². The zero-order chi connectivity index (χ0) is 25.2. The Bertz CT molecular complexity index is 1190. The lowest BCUT2D eigenvalue weighted by Crippen LogP contribution is -2.33. The van der Waals surface area contributed by atoms with Crippen LogP contribution >= 0.6 is 23.1 Å². The third-order valence-corrected chi connectivity index (χ3v) is 7.41. The number of methoxy groups -OCH3 is 1. The predicted octanol–water partition coefficient (Wildman–Crippen LogP) is 4.67. The van der Waals surface area contributed by atoms with Crippen LogP contribution in [0.3, 0.4) is 0 Å². The molecule has 3 rings (SSSR count). The number of nitrogens with zero attached hydrogens (tertiary/aromatic N) is 2. The van der Waals surface area contributed by atoms with Crippen molar-refractivity contribution < 1.29 is 14.3 Å². The number of thioether (sulfide) groups is 1. The van der Waals surface area contributed by atoms with E-state index >= 15 is 0 Å². The van der Waals surface area contributed by atoms with Crippen LogP contribution in [0.4, 0.5) is 5.69 Å². The van der Waals surface area contributed by atoms with Crippen molar-refractivity contribution in [2.24, 2.45) is 0 Å². The summed E-state index contributed by atoms with van der Waals surface area (Å²) in [5.41, 5.74) is 1.32. The molecule has 0 aliphatic heterocycles. The highest BCUT2D eigenvalue weighted by Gasteiger charge is 2.15. The van der Waals surface area contributed by atoms with Gasteiger partial charge in [-0.25, -0.2) is 4.98 Å². The van der Waals surface area contributed by atoms with E-state index in [0.29, 0.717) is 34.8 Å². The summed E-state index contributed by atoms with van der Waals surface area (Å²) < 4.78 is 7.41. The van der Waals surface area contributed by atoms with Crippen molar-refractivity contribution in [3.8, 4) is 5.75 Å².